The van der Waals surface area contributed by atoms with Crippen LogP contribution in [0.2, 0.25) is 0 Å². The molecule has 0 fully saturated rings. The molecule has 3 rings (SSSR count). The highest BCUT2D eigenvalue weighted by molar-refractivity contribution is 5.61. The minimum absolute atomic E-state index is 0.522. The Morgan fingerprint density at radius 1 is 0.500 bits per heavy atom. The fourth-order valence-electron chi connectivity index (χ4n) is 3.61. The van der Waals surface area contributed by atoms with Gasteiger partial charge in [0.25, 0.3) is 0 Å². The first-order chi connectivity index (χ1) is 12.7. The highest BCUT2D eigenvalue weighted by atomic mass is 16.5. The summed E-state index contributed by atoms with van der Waals surface area (Å²) in [6, 6.07) is 24.3. The lowest BCUT2D eigenvalue weighted by atomic mass is 9.70. The normalized spacial score (nSPS) is 11.1. The number of hydrogen-bond donors (Lipinski definition) is 0. The highest BCUT2D eigenvalue weighted by Crippen LogP contribution is 2.48. The number of para-hydroxylation sites is 3. The molecule has 0 atom stereocenters. The van der Waals surface area contributed by atoms with Crippen molar-refractivity contribution in [1.82, 2.24) is 0 Å². The van der Waals surface area contributed by atoms with Gasteiger partial charge in [0.05, 0.1) is 26.7 Å². The van der Waals surface area contributed by atoms with Gasteiger partial charge in [0.2, 0.25) is 0 Å². The fourth-order valence-corrected chi connectivity index (χ4v) is 3.61. The van der Waals surface area contributed by atoms with E-state index in [1.807, 2.05) is 54.6 Å². The van der Waals surface area contributed by atoms with Crippen molar-refractivity contribution < 1.29 is 14.2 Å². The average Bonchev–Trinajstić information content (AvgIpc) is 2.73. The van der Waals surface area contributed by atoms with Gasteiger partial charge in [-0.05, 0) is 25.1 Å². The fraction of sp³-hybridized carbons (Fsp3) is 0.217. The van der Waals surface area contributed by atoms with E-state index in [0.717, 1.165) is 33.9 Å². The molecule has 0 amide bonds. The van der Waals surface area contributed by atoms with Gasteiger partial charge in [0.15, 0.2) is 0 Å². The van der Waals surface area contributed by atoms with Crippen LogP contribution >= 0.6 is 0 Å². The van der Waals surface area contributed by atoms with Crippen LogP contribution in [-0.2, 0) is 5.41 Å². The van der Waals surface area contributed by atoms with Crippen molar-refractivity contribution >= 4 is 0 Å². The van der Waals surface area contributed by atoms with E-state index in [2.05, 4.69) is 25.1 Å². The standard InChI is InChI=1S/C23H24O3/c1-23(17-11-5-8-14-20(17)24-2,18-12-6-9-15-21(18)25-3)19-13-7-10-16-22(19)26-4/h5-16H,1-4H3. The maximum atomic E-state index is 5.70. The summed E-state index contributed by atoms with van der Waals surface area (Å²) in [5.41, 5.74) is 2.63. The van der Waals surface area contributed by atoms with E-state index < -0.39 is 5.41 Å². The molecule has 0 unspecified atom stereocenters. The van der Waals surface area contributed by atoms with E-state index in [4.69, 9.17) is 14.2 Å². The van der Waals surface area contributed by atoms with Crippen LogP contribution < -0.4 is 14.2 Å². The predicted molar refractivity (Wildman–Crippen MR) is 105 cm³/mol. The summed E-state index contributed by atoms with van der Waals surface area (Å²) in [4.78, 5) is 0. The second-order valence-corrected chi connectivity index (χ2v) is 6.23. The summed E-state index contributed by atoms with van der Waals surface area (Å²) in [6.45, 7) is 2.18. The molecule has 26 heavy (non-hydrogen) atoms. The molecule has 134 valence electrons. The number of methoxy groups -OCH3 is 3. The zero-order valence-corrected chi connectivity index (χ0v) is 15.7. The lowest BCUT2D eigenvalue weighted by molar-refractivity contribution is 0.382. The van der Waals surface area contributed by atoms with Crippen molar-refractivity contribution in [2.75, 3.05) is 21.3 Å². The molecule has 0 bridgehead atoms. The second kappa shape index (κ2) is 7.52. The molecule has 3 nitrogen and oxygen atoms in total. The number of rotatable bonds is 6. The topological polar surface area (TPSA) is 27.7 Å². The Hall–Kier alpha value is -2.94. The average molecular weight is 348 g/mol. The van der Waals surface area contributed by atoms with Crippen molar-refractivity contribution in [1.29, 1.82) is 0 Å². The Bertz CT molecular complexity index is 770. The summed E-state index contributed by atoms with van der Waals surface area (Å²) in [5, 5.41) is 0. The maximum Gasteiger partial charge on any atom is 0.123 e. The lowest BCUT2D eigenvalue weighted by Crippen LogP contribution is -2.27. The van der Waals surface area contributed by atoms with Crippen LogP contribution in [0.25, 0.3) is 0 Å². The van der Waals surface area contributed by atoms with Gasteiger partial charge < -0.3 is 14.2 Å². The van der Waals surface area contributed by atoms with Gasteiger partial charge in [-0.2, -0.15) is 0 Å². The van der Waals surface area contributed by atoms with Crippen LogP contribution in [-0.4, -0.2) is 21.3 Å². The third-order valence-electron chi connectivity index (χ3n) is 4.94. The quantitative estimate of drug-likeness (QED) is 0.582. The van der Waals surface area contributed by atoms with E-state index in [0.29, 0.717) is 0 Å². The van der Waals surface area contributed by atoms with Gasteiger partial charge in [0.1, 0.15) is 17.2 Å². The van der Waals surface area contributed by atoms with E-state index in [1.54, 1.807) is 21.3 Å². The smallest absolute Gasteiger partial charge is 0.123 e. The number of ether oxygens (including phenoxy) is 3. The molecule has 0 aliphatic carbocycles. The summed E-state index contributed by atoms with van der Waals surface area (Å²) < 4.78 is 17.1. The van der Waals surface area contributed by atoms with Crippen molar-refractivity contribution in [3.63, 3.8) is 0 Å². The summed E-state index contributed by atoms with van der Waals surface area (Å²) in [7, 11) is 5.09. The summed E-state index contributed by atoms with van der Waals surface area (Å²) in [6.07, 6.45) is 0. The van der Waals surface area contributed by atoms with Crippen LogP contribution in [0.3, 0.4) is 0 Å². The zero-order valence-electron chi connectivity index (χ0n) is 15.7. The molecule has 0 radical (unpaired) electrons. The van der Waals surface area contributed by atoms with Crippen molar-refractivity contribution in [3.8, 4) is 17.2 Å². The Labute approximate surface area is 155 Å². The Morgan fingerprint density at radius 3 is 1.04 bits per heavy atom. The SMILES string of the molecule is COc1ccccc1C(C)(c1ccccc1OC)c1ccccc1OC. The molecule has 3 aromatic carbocycles. The van der Waals surface area contributed by atoms with Crippen LogP contribution in [0, 0.1) is 0 Å². The van der Waals surface area contributed by atoms with Gasteiger partial charge in [-0.1, -0.05) is 54.6 Å². The van der Waals surface area contributed by atoms with Crippen LogP contribution in [0.5, 0.6) is 17.2 Å². The summed E-state index contributed by atoms with van der Waals surface area (Å²) in [5.74, 6) is 2.48. The Kier molecular flexibility index (Phi) is 5.17. The van der Waals surface area contributed by atoms with Crippen molar-refractivity contribution in [3.05, 3.63) is 89.5 Å². The third kappa shape index (κ3) is 2.90. The molecule has 0 saturated heterocycles. The van der Waals surface area contributed by atoms with E-state index in [1.165, 1.54) is 0 Å². The molecule has 0 saturated carbocycles. The Morgan fingerprint density at radius 2 is 0.769 bits per heavy atom. The Balaban J connectivity index is 2.40. The van der Waals surface area contributed by atoms with Gasteiger partial charge in [-0.15, -0.1) is 0 Å². The van der Waals surface area contributed by atoms with Gasteiger partial charge in [-0.25, -0.2) is 0 Å². The van der Waals surface area contributed by atoms with Gasteiger partial charge in [0, 0.05) is 16.7 Å². The second-order valence-electron chi connectivity index (χ2n) is 6.23. The molecule has 3 aromatic rings. The van der Waals surface area contributed by atoms with E-state index in [-0.39, 0.29) is 0 Å². The molecular weight excluding hydrogens is 324 g/mol. The van der Waals surface area contributed by atoms with Gasteiger partial charge in [-0.3, -0.25) is 0 Å². The largest absolute Gasteiger partial charge is 0.496 e. The first-order valence-electron chi connectivity index (χ1n) is 8.57. The zero-order chi connectivity index (χ0) is 18.6. The highest BCUT2D eigenvalue weighted by Gasteiger charge is 2.38. The minimum Gasteiger partial charge on any atom is -0.496 e. The molecule has 0 aliphatic rings. The van der Waals surface area contributed by atoms with Gasteiger partial charge >= 0.3 is 0 Å². The first-order valence-corrected chi connectivity index (χ1v) is 8.57. The number of hydrogen-bond acceptors (Lipinski definition) is 3. The third-order valence-corrected chi connectivity index (χ3v) is 4.94. The van der Waals surface area contributed by atoms with Crippen LogP contribution in [0.15, 0.2) is 72.8 Å². The van der Waals surface area contributed by atoms with Crippen LogP contribution in [0.1, 0.15) is 23.6 Å². The molecule has 0 aliphatic heterocycles. The number of benzene rings is 3. The molecular formula is C23H24O3. The van der Waals surface area contributed by atoms with Crippen LogP contribution in [0.4, 0.5) is 0 Å². The summed E-state index contributed by atoms with van der Waals surface area (Å²) >= 11 is 0. The first kappa shape index (κ1) is 17.9. The predicted octanol–water partition coefficient (Wildman–Crippen LogP) is 5.07. The van der Waals surface area contributed by atoms with E-state index >= 15 is 0 Å². The minimum atomic E-state index is -0.522. The monoisotopic (exact) mass is 348 g/mol. The molecule has 0 heterocycles. The molecule has 0 aromatic heterocycles. The molecule has 0 spiro atoms. The molecule has 0 N–H and O–H groups in total. The molecule has 3 heteroatoms. The van der Waals surface area contributed by atoms with Crippen molar-refractivity contribution in [2.45, 2.75) is 12.3 Å². The lowest BCUT2D eigenvalue weighted by Gasteiger charge is -2.34. The van der Waals surface area contributed by atoms with E-state index in [9.17, 15) is 0 Å². The maximum absolute atomic E-state index is 5.70. The van der Waals surface area contributed by atoms with Crippen molar-refractivity contribution in [2.24, 2.45) is 0 Å².